The third kappa shape index (κ3) is 5.68. The van der Waals surface area contributed by atoms with Gasteiger partial charge in [0.25, 0.3) is 5.91 Å². The van der Waals surface area contributed by atoms with Gasteiger partial charge in [-0.25, -0.2) is 15.0 Å². The highest BCUT2D eigenvalue weighted by molar-refractivity contribution is 6.04. The van der Waals surface area contributed by atoms with Crippen LogP contribution in [-0.2, 0) is 11.3 Å². The number of carbonyl (C=O) groups is 2. The Bertz CT molecular complexity index is 1360. The Morgan fingerprint density at radius 1 is 1.09 bits per heavy atom. The number of hydrogen-bond donors (Lipinski definition) is 3. The van der Waals surface area contributed by atoms with Crippen molar-refractivity contribution in [2.75, 3.05) is 31.7 Å². The van der Waals surface area contributed by atoms with Crippen LogP contribution in [0.15, 0.2) is 73.2 Å². The van der Waals surface area contributed by atoms with E-state index in [1.807, 2.05) is 23.4 Å². The number of amides is 2. The van der Waals surface area contributed by atoms with Gasteiger partial charge in [-0.15, -0.1) is 0 Å². The molecule has 0 unspecified atom stereocenters. The minimum Gasteiger partial charge on any atom is -0.382 e. The van der Waals surface area contributed by atoms with E-state index in [1.165, 1.54) is 6.08 Å². The summed E-state index contributed by atoms with van der Waals surface area (Å²) < 4.78 is 1.81. The lowest BCUT2D eigenvalue weighted by Crippen LogP contribution is -2.22. The van der Waals surface area contributed by atoms with Crippen LogP contribution in [0.5, 0.6) is 0 Å². The Kier molecular flexibility index (Phi) is 7.12. The molecule has 35 heavy (non-hydrogen) atoms. The van der Waals surface area contributed by atoms with Crippen LogP contribution in [-0.4, -0.2) is 56.7 Å². The number of rotatable bonds is 8. The molecule has 0 radical (unpaired) electrons. The van der Waals surface area contributed by atoms with Crippen LogP contribution in [0.1, 0.15) is 16.2 Å². The summed E-state index contributed by atoms with van der Waals surface area (Å²) in [4.78, 5) is 39.7. The number of nitrogen functional groups attached to an aromatic ring is 1. The number of benzene rings is 1. The summed E-state index contributed by atoms with van der Waals surface area (Å²) >= 11 is 0. The fraction of sp³-hybridized carbons (Fsp3) is 0.160. The van der Waals surface area contributed by atoms with Crippen molar-refractivity contribution in [3.8, 4) is 11.3 Å². The highest BCUT2D eigenvalue weighted by Gasteiger charge is 2.17. The molecule has 0 aliphatic carbocycles. The molecule has 4 rings (SSSR count). The summed E-state index contributed by atoms with van der Waals surface area (Å²) in [6.45, 7) is 0.877. The first kappa shape index (κ1) is 23.6. The molecule has 0 spiro atoms. The first-order valence-electron chi connectivity index (χ1n) is 11.0. The molecule has 0 saturated heterocycles. The molecule has 0 aliphatic heterocycles. The molecule has 2 amide bonds. The Hall–Kier alpha value is -4.57. The van der Waals surface area contributed by atoms with E-state index in [9.17, 15) is 9.59 Å². The number of nitrogens with two attached hydrogens (primary N) is 1. The van der Waals surface area contributed by atoms with Crippen molar-refractivity contribution in [1.29, 1.82) is 0 Å². The molecule has 0 atom stereocenters. The zero-order chi connectivity index (χ0) is 24.8. The summed E-state index contributed by atoms with van der Waals surface area (Å²) in [7, 11) is 3.86. The summed E-state index contributed by atoms with van der Waals surface area (Å²) in [6.07, 6.45) is 8.24. The maximum atomic E-state index is 12.5. The van der Waals surface area contributed by atoms with Crippen molar-refractivity contribution in [3.63, 3.8) is 0 Å². The Morgan fingerprint density at radius 2 is 1.89 bits per heavy atom. The maximum absolute atomic E-state index is 12.5. The topological polar surface area (TPSA) is 131 Å². The number of nitrogens with one attached hydrogen (secondary N) is 2. The second-order valence-electron chi connectivity index (χ2n) is 8.04. The molecule has 0 bridgehead atoms. The van der Waals surface area contributed by atoms with Crippen molar-refractivity contribution in [2.45, 2.75) is 6.54 Å². The molecule has 0 saturated carbocycles. The van der Waals surface area contributed by atoms with Gasteiger partial charge in [-0.1, -0.05) is 24.3 Å². The van der Waals surface area contributed by atoms with Crippen molar-refractivity contribution in [2.24, 2.45) is 0 Å². The summed E-state index contributed by atoms with van der Waals surface area (Å²) in [5.74, 6) is 0.918. The summed E-state index contributed by atoms with van der Waals surface area (Å²) in [5, 5.41) is 5.61. The quantitative estimate of drug-likeness (QED) is 0.337. The first-order valence-corrected chi connectivity index (χ1v) is 11.0. The lowest BCUT2D eigenvalue weighted by atomic mass is 10.1. The van der Waals surface area contributed by atoms with E-state index in [2.05, 4.69) is 20.6 Å². The van der Waals surface area contributed by atoms with Gasteiger partial charge >= 0.3 is 0 Å². The lowest BCUT2D eigenvalue weighted by molar-refractivity contribution is -0.116. The van der Waals surface area contributed by atoms with Gasteiger partial charge in [-0.3, -0.25) is 14.0 Å². The molecular weight excluding hydrogens is 444 g/mol. The van der Waals surface area contributed by atoms with Crippen LogP contribution in [0.4, 0.5) is 11.6 Å². The SMILES string of the molecule is CN(C)CC=CC(=O)NCc1nc(-c2ccc(C(=O)Nc3ccccn3)cc2)c2c(N)nccn12. The lowest BCUT2D eigenvalue weighted by Gasteiger charge is -2.05. The highest BCUT2D eigenvalue weighted by Crippen LogP contribution is 2.28. The fourth-order valence-corrected chi connectivity index (χ4v) is 3.45. The first-order chi connectivity index (χ1) is 16.9. The summed E-state index contributed by atoms with van der Waals surface area (Å²) in [6, 6.07) is 12.3. The minimum absolute atomic E-state index is 0.209. The average Bonchev–Trinajstić information content (AvgIpc) is 3.23. The molecule has 10 heteroatoms. The number of nitrogens with zero attached hydrogens (tertiary/aromatic N) is 5. The van der Waals surface area contributed by atoms with Crippen LogP contribution in [0, 0.1) is 0 Å². The Balaban J connectivity index is 1.55. The second-order valence-corrected chi connectivity index (χ2v) is 8.04. The Labute approximate surface area is 202 Å². The van der Waals surface area contributed by atoms with Gasteiger partial charge in [-0.2, -0.15) is 0 Å². The van der Waals surface area contributed by atoms with Crippen LogP contribution in [0.2, 0.25) is 0 Å². The highest BCUT2D eigenvalue weighted by atomic mass is 16.2. The van der Waals surface area contributed by atoms with E-state index in [-0.39, 0.29) is 18.4 Å². The number of fused-ring (bicyclic) bond motifs is 1. The molecule has 10 nitrogen and oxygen atoms in total. The van der Waals surface area contributed by atoms with Gasteiger partial charge in [0, 0.05) is 42.3 Å². The summed E-state index contributed by atoms with van der Waals surface area (Å²) in [5.41, 5.74) is 8.66. The molecule has 0 aliphatic rings. The molecule has 3 aromatic heterocycles. The van der Waals surface area contributed by atoms with Crippen LogP contribution < -0.4 is 16.4 Å². The third-order valence-electron chi connectivity index (χ3n) is 5.14. The van der Waals surface area contributed by atoms with E-state index < -0.39 is 0 Å². The number of aromatic nitrogens is 4. The van der Waals surface area contributed by atoms with Gasteiger partial charge in [0.15, 0.2) is 0 Å². The number of hydrogen-bond acceptors (Lipinski definition) is 7. The smallest absolute Gasteiger partial charge is 0.256 e. The van der Waals surface area contributed by atoms with Crippen LogP contribution in [0.3, 0.4) is 0 Å². The average molecular weight is 471 g/mol. The van der Waals surface area contributed by atoms with Crippen LogP contribution in [0.25, 0.3) is 16.8 Å². The fourth-order valence-electron chi connectivity index (χ4n) is 3.45. The van der Waals surface area contributed by atoms with Crippen molar-refractivity contribution >= 4 is 29.0 Å². The number of imidazole rings is 1. The molecule has 178 valence electrons. The van der Waals surface area contributed by atoms with Gasteiger partial charge in [0.2, 0.25) is 5.91 Å². The standard InChI is InChI=1S/C25H26N8O2/c1-32(2)14-5-7-21(34)29-16-20-31-22(23-24(26)28-13-15-33(20)23)17-8-10-18(11-9-17)25(35)30-19-6-3-4-12-27-19/h3-13,15H,14,16H2,1-2H3,(H2,26,28)(H,29,34)(H,27,30,35). The molecular formula is C25H26N8O2. The predicted molar refractivity (Wildman–Crippen MR) is 135 cm³/mol. The van der Waals surface area contributed by atoms with E-state index >= 15 is 0 Å². The predicted octanol–water partition coefficient (Wildman–Crippen LogP) is 2.36. The Morgan fingerprint density at radius 3 is 2.60 bits per heavy atom. The van der Waals surface area contributed by atoms with E-state index in [0.717, 1.165) is 5.56 Å². The maximum Gasteiger partial charge on any atom is 0.256 e. The van der Waals surface area contributed by atoms with Crippen molar-refractivity contribution < 1.29 is 9.59 Å². The van der Waals surface area contributed by atoms with E-state index in [1.54, 1.807) is 67.1 Å². The normalized spacial score (nSPS) is 11.3. The van der Waals surface area contributed by atoms with Crippen molar-refractivity contribution in [1.82, 2.24) is 29.6 Å². The number of anilines is 2. The largest absolute Gasteiger partial charge is 0.382 e. The monoisotopic (exact) mass is 470 g/mol. The van der Waals surface area contributed by atoms with Gasteiger partial charge in [-0.05, 0) is 38.4 Å². The zero-order valence-corrected chi connectivity index (χ0v) is 19.5. The van der Waals surface area contributed by atoms with Gasteiger partial charge in [0.05, 0.1) is 6.54 Å². The van der Waals surface area contributed by atoms with E-state index in [4.69, 9.17) is 10.7 Å². The second kappa shape index (κ2) is 10.6. The zero-order valence-electron chi connectivity index (χ0n) is 19.5. The number of carbonyl (C=O) groups excluding carboxylic acids is 2. The van der Waals surface area contributed by atoms with Gasteiger partial charge < -0.3 is 21.3 Å². The van der Waals surface area contributed by atoms with Gasteiger partial charge in [0.1, 0.15) is 28.7 Å². The molecule has 1 aromatic carbocycles. The molecule has 4 N–H and O–H groups in total. The van der Waals surface area contributed by atoms with Crippen LogP contribution >= 0.6 is 0 Å². The molecule has 0 fully saturated rings. The van der Waals surface area contributed by atoms with Crippen molar-refractivity contribution in [3.05, 3.63) is 84.6 Å². The molecule has 4 aromatic rings. The minimum atomic E-state index is -0.267. The number of pyridine rings is 1. The number of likely N-dealkylation sites (N-methyl/N-ethyl adjacent to an activating group) is 1. The molecule has 3 heterocycles. The van der Waals surface area contributed by atoms with E-state index in [0.29, 0.717) is 40.8 Å². The third-order valence-corrected chi connectivity index (χ3v) is 5.14.